The van der Waals surface area contributed by atoms with Gasteiger partial charge in [0, 0.05) is 44.0 Å². The summed E-state index contributed by atoms with van der Waals surface area (Å²) in [6, 6.07) is 7.24. The Morgan fingerprint density at radius 3 is 2.62 bits per heavy atom. The largest absolute Gasteiger partial charge is 0.395 e. The number of sulfone groups is 1. The van der Waals surface area contributed by atoms with Crippen LogP contribution in [0.4, 0.5) is 24.7 Å². The van der Waals surface area contributed by atoms with Crippen LogP contribution in [0.2, 0.25) is 0 Å². The van der Waals surface area contributed by atoms with E-state index in [1.165, 1.54) is 0 Å². The number of nitrogens with one attached hydrogen (secondary N) is 2. The van der Waals surface area contributed by atoms with Crippen molar-refractivity contribution in [2.24, 2.45) is 11.8 Å². The van der Waals surface area contributed by atoms with Crippen molar-refractivity contribution in [2.75, 3.05) is 35.3 Å². The number of rotatable bonds is 10. The molecule has 1 aliphatic carbocycles. The lowest BCUT2D eigenvalue weighted by Gasteiger charge is -2.41. The first-order valence-electron chi connectivity index (χ1n) is 13.1. The zero-order chi connectivity index (χ0) is 27.9. The van der Waals surface area contributed by atoms with Gasteiger partial charge >= 0.3 is 6.18 Å². The van der Waals surface area contributed by atoms with Crippen LogP contribution in [0.15, 0.2) is 24.3 Å². The first-order chi connectivity index (χ1) is 18.4. The Kier molecular flexibility index (Phi) is 7.38. The molecule has 1 saturated carbocycles. The summed E-state index contributed by atoms with van der Waals surface area (Å²) in [5, 5.41) is 10.2. The molecule has 2 aliphatic heterocycles. The molecular weight excluding hydrogens is 535 g/mol. The van der Waals surface area contributed by atoms with Crippen LogP contribution >= 0.6 is 0 Å². The molecule has 1 aromatic heterocycles. The Labute approximate surface area is 225 Å². The lowest BCUT2D eigenvalue weighted by atomic mass is 9.95. The van der Waals surface area contributed by atoms with Crippen LogP contribution in [0.3, 0.4) is 0 Å². The van der Waals surface area contributed by atoms with Crippen molar-refractivity contribution in [3.8, 4) is 0 Å². The van der Waals surface area contributed by atoms with Gasteiger partial charge < -0.3 is 15.5 Å². The number of halogens is 3. The number of anilines is 2. The zero-order valence-electron chi connectivity index (χ0n) is 21.6. The summed E-state index contributed by atoms with van der Waals surface area (Å²) in [6.07, 6.45) is 1.61. The number of aryl methyl sites for hydroxylation is 2. The van der Waals surface area contributed by atoms with Crippen LogP contribution in [0, 0.1) is 11.8 Å². The molecule has 2 fully saturated rings. The fraction of sp³-hybridized carbons (Fsp3) is 0.577. The second-order valence-corrected chi connectivity index (χ2v) is 13.1. The van der Waals surface area contributed by atoms with Crippen LogP contribution in [0.5, 0.6) is 0 Å². The van der Waals surface area contributed by atoms with Crippen molar-refractivity contribution >= 4 is 33.2 Å². The molecule has 3 aliphatic rings. The number of amides is 2. The normalized spacial score (nSPS) is 19.8. The quantitative estimate of drug-likeness (QED) is 0.457. The summed E-state index contributed by atoms with van der Waals surface area (Å²) >= 11 is 0. The number of alkyl halides is 3. The Balaban J connectivity index is 1.25. The highest BCUT2D eigenvalue weighted by Crippen LogP contribution is 2.37. The van der Waals surface area contributed by atoms with Gasteiger partial charge in [0.1, 0.15) is 17.1 Å². The monoisotopic (exact) mass is 567 g/mol. The van der Waals surface area contributed by atoms with Gasteiger partial charge in [-0.3, -0.25) is 9.59 Å². The number of carbonyl (C=O) groups excluding carboxylic acids is 2. The van der Waals surface area contributed by atoms with Gasteiger partial charge in [-0.15, -0.1) is 0 Å². The molecule has 2 amide bonds. The minimum absolute atomic E-state index is 0.0408. The standard InChI is InChI=1S/C26H32F3N5O4S/c1-39(37,38)15-22(35)31-24-23-21(32-34(24)10-9-16-5-6-16)12-19(30-25(23)36)8-7-17-3-2-4-20(11-17)33-13-18(14-33)26(27,28)29/h2-4,11,16,18-19H,5-10,12-15H2,1H3,(H,30,36)(H,31,35)/t19-/m0/s1. The molecule has 9 nitrogen and oxygen atoms in total. The van der Waals surface area contributed by atoms with Gasteiger partial charge in [0.15, 0.2) is 9.84 Å². The van der Waals surface area contributed by atoms with Crippen LogP contribution in [0.25, 0.3) is 0 Å². The number of fused-ring (bicyclic) bond motifs is 1. The maximum Gasteiger partial charge on any atom is 0.395 e. The molecule has 2 aromatic rings. The maximum absolute atomic E-state index is 13.1. The molecule has 2 N–H and O–H groups in total. The molecule has 212 valence electrons. The second-order valence-electron chi connectivity index (χ2n) is 11.0. The number of hydrogen-bond acceptors (Lipinski definition) is 6. The van der Waals surface area contributed by atoms with Crippen molar-refractivity contribution in [1.29, 1.82) is 0 Å². The van der Waals surface area contributed by atoms with E-state index in [9.17, 15) is 31.2 Å². The van der Waals surface area contributed by atoms with E-state index in [0.717, 1.165) is 36.8 Å². The molecule has 0 radical (unpaired) electrons. The number of carbonyl (C=O) groups is 2. The third-order valence-corrected chi connectivity index (χ3v) is 8.31. The molecule has 0 bridgehead atoms. The van der Waals surface area contributed by atoms with Crippen LogP contribution in [0.1, 0.15) is 47.3 Å². The summed E-state index contributed by atoms with van der Waals surface area (Å²) in [4.78, 5) is 27.2. The minimum atomic E-state index is -4.17. The highest BCUT2D eigenvalue weighted by Gasteiger charge is 2.47. The SMILES string of the molecule is CS(=O)(=O)CC(=O)Nc1c2c(nn1CCC1CC1)C[C@H](CCc1cccc(N3CC(C(F)(F)F)C3)c1)NC2=O. The van der Waals surface area contributed by atoms with Crippen molar-refractivity contribution in [2.45, 2.75) is 57.3 Å². The molecule has 13 heteroatoms. The Bertz CT molecular complexity index is 1360. The number of aromatic nitrogens is 2. The topological polar surface area (TPSA) is 113 Å². The zero-order valence-corrected chi connectivity index (χ0v) is 22.4. The predicted molar refractivity (Wildman–Crippen MR) is 139 cm³/mol. The van der Waals surface area contributed by atoms with Crippen molar-refractivity contribution in [3.63, 3.8) is 0 Å². The summed E-state index contributed by atoms with van der Waals surface area (Å²) in [6.45, 7) is 0.435. The van der Waals surface area contributed by atoms with E-state index in [4.69, 9.17) is 0 Å². The van der Waals surface area contributed by atoms with Gasteiger partial charge in [-0.05, 0) is 42.9 Å². The number of nitrogens with zero attached hydrogens (tertiary/aromatic N) is 3. The van der Waals surface area contributed by atoms with Gasteiger partial charge in [-0.1, -0.05) is 25.0 Å². The fourth-order valence-electron chi connectivity index (χ4n) is 5.16. The fourth-order valence-corrected chi connectivity index (χ4v) is 5.71. The Morgan fingerprint density at radius 2 is 1.95 bits per heavy atom. The lowest BCUT2D eigenvalue weighted by Crippen LogP contribution is -2.53. The third-order valence-electron chi connectivity index (χ3n) is 7.53. The number of hydrogen-bond donors (Lipinski definition) is 2. The van der Waals surface area contributed by atoms with Crippen LogP contribution in [-0.4, -0.2) is 67.3 Å². The van der Waals surface area contributed by atoms with E-state index in [0.29, 0.717) is 37.4 Å². The van der Waals surface area contributed by atoms with E-state index < -0.39 is 33.6 Å². The summed E-state index contributed by atoms with van der Waals surface area (Å²) < 4.78 is 63.3. The molecule has 39 heavy (non-hydrogen) atoms. The summed E-state index contributed by atoms with van der Waals surface area (Å²) in [5.41, 5.74) is 2.54. The third kappa shape index (κ3) is 6.74. The van der Waals surface area contributed by atoms with E-state index in [1.807, 2.05) is 18.2 Å². The maximum atomic E-state index is 13.1. The van der Waals surface area contributed by atoms with E-state index >= 15 is 0 Å². The van der Waals surface area contributed by atoms with Gasteiger partial charge in [-0.2, -0.15) is 18.3 Å². The molecule has 3 heterocycles. The van der Waals surface area contributed by atoms with Crippen molar-refractivity contribution in [3.05, 3.63) is 41.1 Å². The van der Waals surface area contributed by atoms with Gasteiger partial charge in [0.05, 0.1) is 11.6 Å². The molecular formula is C26H32F3N5O4S. The lowest BCUT2D eigenvalue weighted by molar-refractivity contribution is -0.180. The highest BCUT2D eigenvalue weighted by molar-refractivity contribution is 7.91. The van der Waals surface area contributed by atoms with E-state index in [1.54, 1.807) is 15.6 Å². The molecule has 1 aromatic carbocycles. The molecule has 5 rings (SSSR count). The first-order valence-corrected chi connectivity index (χ1v) is 15.2. The molecule has 0 unspecified atom stereocenters. The smallest absolute Gasteiger partial charge is 0.370 e. The van der Waals surface area contributed by atoms with E-state index in [-0.39, 0.29) is 36.4 Å². The minimum Gasteiger partial charge on any atom is -0.370 e. The van der Waals surface area contributed by atoms with Gasteiger partial charge in [0.25, 0.3) is 5.91 Å². The van der Waals surface area contributed by atoms with Crippen LogP contribution < -0.4 is 15.5 Å². The van der Waals surface area contributed by atoms with Gasteiger partial charge in [0.2, 0.25) is 5.91 Å². The Hall–Kier alpha value is -3.09. The van der Waals surface area contributed by atoms with Crippen molar-refractivity contribution < 1.29 is 31.2 Å². The average Bonchev–Trinajstić information content (AvgIpc) is 3.55. The summed E-state index contributed by atoms with van der Waals surface area (Å²) in [5.74, 6) is -2.24. The van der Waals surface area contributed by atoms with E-state index in [2.05, 4.69) is 15.7 Å². The van der Waals surface area contributed by atoms with Crippen molar-refractivity contribution in [1.82, 2.24) is 15.1 Å². The number of benzene rings is 1. The molecule has 0 spiro atoms. The second kappa shape index (κ2) is 10.5. The predicted octanol–water partition coefficient (Wildman–Crippen LogP) is 2.95. The molecule has 1 saturated heterocycles. The first kappa shape index (κ1) is 27.5. The molecule has 1 atom stereocenters. The Morgan fingerprint density at radius 1 is 1.21 bits per heavy atom. The highest BCUT2D eigenvalue weighted by atomic mass is 32.2. The van der Waals surface area contributed by atoms with Gasteiger partial charge in [-0.25, -0.2) is 13.1 Å². The average molecular weight is 568 g/mol. The van der Waals surface area contributed by atoms with Crippen LogP contribution in [-0.2, 0) is 34.0 Å². The summed E-state index contributed by atoms with van der Waals surface area (Å²) in [7, 11) is -3.54.